The minimum absolute atomic E-state index is 0.0317. The minimum Gasteiger partial charge on any atom is -0.497 e. The number of benzene rings is 3. The molecule has 1 amide bonds. The monoisotopic (exact) mass is 430 g/mol. The average Bonchev–Trinajstić information content (AvgIpc) is 2.86. The van der Waals surface area contributed by atoms with E-state index < -0.39 is 0 Å². The third-order valence-corrected chi connectivity index (χ3v) is 5.91. The second-order valence-corrected chi connectivity index (χ2v) is 7.98. The number of carbonyl (C=O) groups excluding carboxylic acids is 1. The highest BCUT2D eigenvalue weighted by molar-refractivity contribution is 5.79. The van der Waals surface area contributed by atoms with Gasteiger partial charge in [0.2, 0.25) is 5.91 Å². The number of amides is 1. The quantitative estimate of drug-likeness (QED) is 0.585. The molecule has 1 fully saturated rings. The van der Waals surface area contributed by atoms with Crippen molar-refractivity contribution >= 4 is 5.91 Å². The molecule has 1 N–H and O–H groups in total. The lowest BCUT2D eigenvalue weighted by atomic mass is 10.0. The second kappa shape index (κ2) is 10.9. The molecule has 5 heteroatoms. The molecule has 32 heavy (non-hydrogen) atoms. The van der Waals surface area contributed by atoms with E-state index in [1.54, 1.807) is 7.11 Å². The normalized spacial score (nSPS) is 15.2. The lowest BCUT2D eigenvalue weighted by Crippen LogP contribution is -2.44. The third kappa shape index (κ3) is 5.75. The van der Waals surface area contributed by atoms with E-state index in [4.69, 9.17) is 9.47 Å². The first kappa shape index (κ1) is 22.1. The third-order valence-electron chi connectivity index (χ3n) is 5.91. The van der Waals surface area contributed by atoms with Crippen molar-refractivity contribution in [1.29, 1.82) is 0 Å². The van der Waals surface area contributed by atoms with Gasteiger partial charge in [0.05, 0.1) is 32.8 Å². The fraction of sp³-hybridized carbons (Fsp3) is 0.296. The summed E-state index contributed by atoms with van der Waals surface area (Å²) >= 11 is 0. The smallest absolute Gasteiger partial charge is 0.224 e. The summed E-state index contributed by atoms with van der Waals surface area (Å²) in [6.45, 7) is 3.71. The Labute approximate surface area is 190 Å². The van der Waals surface area contributed by atoms with Gasteiger partial charge in [0, 0.05) is 19.6 Å². The largest absolute Gasteiger partial charge is 0.497 e. The van der Waals surface area contributed by atoms with Gasteiger partial charge in [0.15, 0.2) is 0 Å². The van der Waals surface area contributed by atoms with Crippen LogP contribution in [0.25, 0.3) is 11.1 Å². The molecule has 0 spiro atoms. The summed E-state index contributed by atoms with van der Waals surface area (Å²) in [5, 5.41) is 3.15. The molecule has 166 valence electrons. The molecular weight excluding hydrogens is 400 g/mol. The summed E-state index contributed by atoms with van der Waals surface area (Å²) in [6, 6.07) is 26.7. The van der Waals surface area contributed by atoms with Crippen LogP contribution in [0.5, 0.6) is 5.75 Å². The molecule has 5 nitrogen and oxygen atoms in total. The van der Waals surface area contributed by atoms with Gasteiger partial charge in [-0.25, -0.2) is 0 Å². The molecule has 3 aromatic carbocycles. The molecule has 1 atom stereocenters. The maximum atomic E-state index is 12.7. The lowest BCUT2D eigenvalue weighted by Gasteiger charge is -2.35. The van der Waals surface area contributed by atoms with Crippen LogP contribution < -0.4 is 10.1 Å². The van der Waals surface area contributed by atoms with E-state index >= 15 is 0 Å². The molecule has 0 aromatic heterocycles. The topological polar surface area (TPSA) is 50.8 Å². The maximum Gasteiger partial charge on any atom is 0.224 e. The highest BCUT2D eigenvalue weighted by Crippen LogP contribution is 2.24. The molecule has 4 rings (SSSR count). The molecule has 1 aliphatic heterocycles. The Balaban J connectivity index is 1.38. The van der Waals surface area contributed by atoms with Crippen LogP contribution in [0.15, 0.2) is 78.9 Å². The van der Waals surface area contributed by atoms with E-state index in [0.717, 1.165) is 30.0 Å². The van der Waals surface area contributed by atoms with Crippen molar-refractivity contribution in [2.24, 2.45) is 0 Å². The zero-order valence-electron chi connectivity index (χ0n) is 18.5. The van der Waals surface area contributed by atoms with E-state index in [1.807, 2.05) is 42.5 Å². The van der Waals surface area contributed by atoms with Crippen LogP contribution >= 0.6 is 0 Å². The summed E-state index contributed by atoms with van der Waals surface area (Å²) in [7, 11) is 1.67. The van der Waals surface area contributed by atoms with E-state index in [9.17, 15) is 4.79 Å². The van der Waals surface area contributed by atoms with Crippen LogP contribution in [0.1, 0.15) is 17.2 Å². The highest BCUT2D eigenvalue weighted by Gasteiger charge is 2.23. The number of carbonyl (C=O) groups is 1. The molecule has 0 unspecified atom stereocenters. The highest BCUT2D eigenvalue weighted by atomic mass is 16.5. The van der Waals surface area contributed by atoms with Crippen molar-refractivity contribution in [3.63, 3.8) is 0 Å². The van der Waals surface area contributed by atoms with Gasteiger partial charge in [0.1, 0.15) is 5.75 Å². The zero-order valence-corrected chi connectivity index (χ0v) is 18.5. The second-order valence-electron chi connectivity index (χ2n) is 7.98. The fourth-order valence-electron chi connectivity index (χ4n) is 4.08. The number of ether oxygens (including phenoxy) is 2. The van der Waals surface area contributed by atoms with Gasteiger partial charge in [-0.05, 0) is 34.4 Å². The van der Waals surface area contributed by atoms with E-state index in [1.165, 1.54) is 11.1 Å². The molecule has 1 saturated heterocycles. The van der Waals surface area contributed by atoms with Crippen molar-refractivity contribution in [3.05, 3.63) is 90.0 Å². The summed E-state index contributed by atoms with van der Waals surface area (Å²) in [5.41, 5.74) is 4.51. The van der Waals surface area contributed by atoms with Gasteiger partial charge in [-0.1, -0.05) is 66.7 Å². The first-order valence-corrected chi connectivity index (χ1v) is 11.1. The minimum atomic E-state index is 0.0317. The zero-order chi connectivity index (χ0) is 22.2. The van der Waals surface area contributed by atoms with Crippen molar-refractivity contribution in [2.75, 3.05) is 40.0 Å². The Hall–Kier alpha value is -3.15. The van der Waals surface area contributed by atoms with Gasteiger partial charge in [-0.3, -0.25) is 9.69 Å². The van der Waals surface area contributed by atoms with Gasteiger partial charge in [0.25, 0.3) is 0 Å². The van der Waals surface area contributed by atoms with Crippen molar-refractivity contribution in [2.45, 2.75) is 12.5 Å². The van der Waals surface area contributed by atoms with Crippen LogP contribution in [0.2, 0.25) is 0 Å². The molecule has 1 heterocycles. The Morgan fingerprint density at radius 1 is 0.938 bits per heavy atom. The number of morpholine rings is 1. The van der Waals surface area contributed by atoms with Crippen LogP contribution in [0.4, 0.5) is 0 Å². The number of hydrogen-bond acceptors (Lipinski definition) is 4. The van der Waals surface area contributed by atoms with E-state index in [2.05, 4.69) is 46.6 Å². The predicted molar refractivity (Wildman–Crippen MR) is 127 cm³/mol. The molecule has 3 aromatic rings. The summed E-state index contributed by atoms with van der Waals surface area (Å²) in [4.78, 5) is 15.1. The number of hydrogen-bond donors (Lipinski definition) is 1. The van der Waals surface area contributed by atoms with Crippen LogP contribution in [-0.4, -0.2) is 50.8 Å². The summed E-state index contributed by atoms with van der Waals surface area (Å²) < 4.78 is 10.8. The Bertz CT molecular complexity index is 982. The molecule has 0 radical (unpaired) electrons. The molecule has 1 aliphatic rings. The van der Waals surface area contributed by atoms with Crippen molar-refractivity contribution in [1.82, 2.24) is 10.2 Å². The number of nitrogens with one attached hydrogen (secondary N) is 1. The van der Waals surface area contributed by atoms with Crippen LogP contribution in [0.3, 0.4) is 0 Å². The van der Waals surface area contributed by atoms with Crippen molar-refractivity contribution < 1.29 is 14.3 Å². The van der Waals surface area contributed by atoms with Crippen LogP contribution in [-0.2, 0) is 16.0 Å². The van der Waals surface area contributed by atoms with Crippen LogP contribution in [0, 0.1) is 0 Å². The fourth-order valence-corrected chi connectivity index (χ4v) is 4.08. The molecule has 0 saturated carbocycles. The van der Waals surface area contributed by atoms with Gasteiger partial charge >= 0.3 is 0 Å². The summed E-state index contributed by atoms with van der Waals surface area (Å²) in [6.07, 6.45) is 0.369. The number of methoxy groups -OCH3 is 1. The Kier molecular flexibility index (Phi) is 7.54. The van der Waals surface area contributed by atoms with Gasteiger partial charge < -0.3 is 14.8 Å². The molecule has 0 bridgehead atoms. The average molecular weight is 431 g/mol. The SMILES string of the molecule is COc1ccc([C@@H](CNC(=O)Cc2ccc(-c3ccccc3)cc2)N2CCOCC2)cc1. The molecular formula is C27H30N2O3. The Morgan fingerprint density at radius 3 is 2.25 bits per heavy atom. The number of nitrogens with zero attached hydrogens (tertiary/aromatic N) is 1. The van der Waals surface area contributed by atoms with Gasteiger partial charge in [-0.2, -0.15) is 0 Å². The first-order chi connectivity index (χ1) is 15.7. The first-order valence-electron chi connectivity index (χ1n) is 11.1. The lowest BCUT2D eigenvalue weighted by molar-refractivity contribution is -0.120. The maximum absolute atomic E-state index is 12.7. The number of rotatable bonds is 8. The predicted octanol–water partition coefficient (Wildman–Crippen LogP) is 4.09. The molecule has 0 aliphatic carbocycles. The van der Waals surface area contributed by atoms with E-state index in [0.29, 0.717) is 26.2 Å². The van der Waals surface area contributed by atoms with Crippen molar-refractivity contribution in [3.8, 4) is 16.9 Å². The van der Waals surface area contributed by atoms with E-state index in [-0.39, 0.29) is 11.9 Å². The standard InChI is InChI=1S/C27H30N2O3/c1-31-25-13-11-24(12-14-25)26(29-15-17-32-18-16-29)20-28-27(30)19-21-7-9-23(10-8-21)22-5-3-2-4-6-22/h2-14,26H,15-20H2,1H3,(H,28,30)/t26-/m1/s1. The summed E-state index contributed by atoms with van der Waals surface area (Å²) in [5.74, 6) is 0.863. The van der Waals surface area contributed by atoms with Gasteiger partial charge in [-0.15, -0.1) is 0 Å². The Morgan fingerprint density at radius 2 is 1.59 bits per heavy atom.